The molecule has 2 heterocycles. The maximum absolute atomic E-state index is 12.4. The predicted molar refractivity (Wildman–Crippen MR) is 148 cm³/mol. The highest BCUT2D eigenvalue weighted by molar-refractivity contribution is 5.26. The van der Waals surface area contributed by atoms with Gasteiger partial charge >= 0.3 is 0 Å². The zero-order valence-corrected chi connectivity index (χ0v) is 23.6. The molecule has 5 nitrogen and oxygen atoms in total. The van der Waals surface area contributed by atoms with Crippen LogP contribution in [0.15, 0.2) is 23.0 Å². The molecule has 8 atom stereocenters. The molecule has 5 fully saturated rings. The van der Waals surface area contributed by atoms with Gasteiger partial charge in [0.1, 0.15) is 0 Å². The van der Waals surface area contributed by atoms with Crippen LogP contribution in [0.4, 0.5) is 0 Å². The van der Waals surface area contributed by atoms with E-state index in [1.165, 1.54) is 83.0 Å². The van der Waals surface area contributed by atoms with Crippen LogP contribution in [-0.2, 0) is 4.74 Å². The van der Waals surface area contributed by atoms with Crippen LogP contribution in [0.25, 0.3) is 0 Å². The molecule has 5 heteroatoms. The smallest absolute Gasteiger partial charge is 0.0937 e. The van der Waals surface area contributed by atoms with Gasteiger partial charge in [-0.2, -0.15) is 0 Å². The summed E-state index contributed by atoms with van der Waals surface area (Å²) >= 11 is 0. The molecular formula is C32H52N2O3. The Hall–Kier alpha value is -0.880. The van der Waals surface area contributed by atoms with Gasteiger partial charge in [-0.05, 0) is 144 Å². The van der Waals surface area contributed by atoms with Crippen LogP contribution in [0.1, 0.15) is 102 Å². The van der Waals surface area contributed by atoms with Crippen molar-refractivity contribution in [1.82, 2.24) is 10.2 Å². The Morgan fingerprint density at radius 2 is 1.89 bits per heavy atom. The fraction of sp³-hybridized carbons (Fsp3) is 0.875. The molecule has 0 radical (unpaired) electrons. The largest absolute Gasteiger partial charge is 0.472 e. The van der Waals surface area contributed by atoms with E-state index in [-0.39, 0.29) is 5.41 Å². The summed E-state index contributed by atoms with van der Waals surface area (Å²) in [6.45, 7) is 11.8. The van der Waals surface area contributed by atoms with Crippen molar-refractivity contribution in [3.05, 3.63) is 24.2 Å². The van der Waals surface area contributed by atoms with Crippen LogP contribution >= 0.6 is 0 Å². The van der Waals surface area contributed by atoms with E-state index in [0.717, 1.165) is 44.9 Å². The number of rotatable bonds is 9. The van der Waals surface area contributed by atoms with Crippen LogP contribution < -0.4 is 5.32 Å². The average Bonchev–Trinajstić information content (AvgIpc) is 3.65. The van der Waals surface area contributed by atoms with Crippen LogP contribution in [0, 0.1) is 28.6 Å². The zero-order valence-electron chi connectivity index (χ0n) is 23.6. The quantitative estimate of drug-likeness (QED) is 0.399. The molecular weight excluding hydrogens is 460 g/mol. The Bertz CT molecular complexity index is 885. The topological polar surface area (TPSA) is 57.9 Å². The maximum Gasteiger partial charge on any atom is 0.0937 e. The van der Waals surface area contributed by atoms with Crippen LogP contribution in [0.2, 0.25) is 0 Å². The van der Waals surface area contributed by atoms with Crippen molar-refractivity contribution in [1.29, 1.82) is 0 Å². The van der Waals surface area contributed by atoms with Gasteiger partial charge in [0.15, 0.2) is 0 Å². The highest BCUT2D eigenvalue weighted by Gasteiger charge is 2.67. The van der Waals surface area contributed by atoms with E-state index in [2.05, 4.69) is 30.1 Å². The van der Waals surface area contributed by atoms with Crippen LogP contribution in [0.3, 0.4) is 0 Å². The Labute approximate surface area is 225 Å². The highest BCUT2D eigenvalue weighted by atomic mass is 16.5. The summed E-state index contributed by atoms with van der Waals surface area (Å²) in [7, 11) is 0. The molecule has 1 aromatic heterocycles. The molecule has 0 aromatic carbocycles. The first kappa shape index (κ1) is 26.3. The van der Waals surface area contributed by atoms with Crippen molar-refractivity contribution in [2.75, 3.05) is 39.3 Å². The van der Waals surface area contributed by atoms with Gasteiger partial charge < -0.3 is 24.5 Å². The molecule has 208 valence electrons. The minimum atomic E-state index is -0.528. The lowest BCUT2D eigenvalue weighted by atomic mass is 9.43. The number of nitrogens with zero attached hydrogens (tertiary/aromatic N) is 1. The van der Waals surface area contributed by atoms with Crippen LogP contribution in [-0.4, -0.2) is 61.0 Å². The Morgan fingerprint density at radius 3 is 2.70 bits per heavy atom. The van der Waals surface area contributed by atoms with Crippen molar-refractivity contribution < 1.29 is 14.3 Å². The third-order valence-electron chi connectivity index (χ3n) is 12.4. The first-order valence-corrected chi connectivity index (χ1v) is 15.7. The second kappa shape index (κ2) is 10.6. The summed E-state index contributed by atoms with van der Waals surface area (Å²) in [5.41, 5.74) is 1.11. The van der Waals surface area contributed by atoms with E-state index in [9.17, 15) is 5.11 Å². The minimum Gasteiger partial charge on any atom is -0.472 e. The van der Waals surface area contributed by atoms with E-state index < -0.39 is 5.60 Å². The average molecular weight is 513 g/mol. The number of ether oxygens (including phenoxy) is 1. The highest BCUT2D eigenvalue weighted by Crippen LogP contribution is 2.70. The Balaban J connectivity index is 1.00. The summed E-state index contributed by atoms with van der Waals surface area (Å²) in [6, 6.07) is 2.14. The number of hydrogen-bond acceptors (Lipinski definition) is 5. The molecule has 0 amide bonds. The molecule has 2 N–H and O–H groups in total. The summed E-state index contributed by atoms with van der Waals surface area (Å²) in [6.07, 6.45) is 18.8. The molecule has 1 aliphatic heterocycles. The van der Waals surface area contributed by atoms with Gasteiger partial charge in [-0.25, -0.2) is 0 Å². The van der Waals surface area contributed by atoms with Crippen molar-refractivity contribution >= 4 is 0 Å². The molecule has 1 saturated heterocycles. The number of aliphatic hydroxyl groups is 1. The molecule has 4 aliphatic carbocycles. The first-order valence-electron chi connectivity index (χ1n) is 15.7. The lowest BCUT2D eigenvalue weighted by molar-refractivity contribution is -0.207. The third-order valence-corrected chi connectivity index (χ3v) is 12.4. The van der Waals surface area contributed by atoms with Crippen molar-refractivity contribution in [3.8, 4) is 0 Å². The summed E-state index contributed by atoms with van der Waals surface area (Å²) in [5.74, 6) is 2.29. The van der Waals surface area contributed by atoms with Gasteiger partial charge in [0, 0.05) is 12.0 Å². The minimum absolute atomic E-state index is 0.0248. The lowest BCUT2D eigenvalue weighted by Crippen LogP contribution is -2.62. The SMILES string of the molecule is C[C@]12CCC(OCCNCCCN3CCCC3)CC1CC[C@@H]1[C@H]2CC[C@]2(C)C(c3ccoc3)CC[C@@]12O. The van der Waals surface area contributed by atoms with E-state index in [1.54, 1.807) is 6.26 Å². The van der Waals surface area contributed by atoms with E-state index in [1.807, 2.05) is 6.26 Å². The maximum atomic E-state index is 12.4. The standard InChI is InChI=1S/C32H52N2O3/c1-30-12-8-26(37-21-16-33-15-5-19-34-17-3-4-18-34)22-25(30)6-7-29-28(30)9-13-31(2)27(10-14-32(29,31)35)24-11-20-36-23-24/h11,20,23,25-29,33,35H,3-10,12-19,21-22H2,1-2H3/t25?,26?,27?,28-,29-,30+,31-,32-/m1/s1. The second-order valence-electron chi connectivity index (χ2n) is 13.9. The van der Waals surface area contributed by atoms with Crippen LogP contribution in [0.5, 0.6) is 0 Å². The molecule has 37 heavy (non-hydrogen) atoms. The molecule has 4 saturated carbocycles. The lowest BCUT2D eigenvalue weighted by Gasteiger charge is -2.63. The molecule has 0 spiro atoms. The van der Waals surface area contributed by atoms with E-state index in [4.69, 9.17) is 9.15 Å². The monoisotopic (exact) mass is 512 g/mol. The number of fused-ring (bicyclic) bond motifs is 5. The van der Waals surface area contributed by atoms with Gasteiger partial charge in [0.2, 0.25) is 0 Å². The summed E-state index contributed by atoms with van der Waals surface area (Å²) in [5, 5.41) is 16.0. The number of likely N-dealkylation sites (tertiary alicyclic amines) is 1. The van der Waals surface area contributed by atoms with E-state index >= 15 is 0 Å². The third kappa shape index (κ3) is 4.64. The molecule has 0 bridgehead atoms. The van der Waals surface area contributed by atoms with Crippen molar-refractivity contribution in [2.24, 2.45) is 28.6 Å². The predicted octanol–water partition coefficient (Wildman–Crippen LogP) is 5.98. The fourth-order valence-electron chi connectivity index (χ4n) is 10.2. The van der Waals surface area contributed by atoms with E-state index in [0.29, 0.717) is 29.3 Å². The van der Waals surface area contributed by atoms with Crippen molar-refractivity contribution in [2.45, 2.75) is 109 Å². The van der Waals surface area contributed by atoms with Gasteiger partial charge in [0.25, 0.3) is 0 Å². The van der Waals surface area contributed by atoms with Crippen molar-refractivity contribution in [3.63, 3.8) is 0 Å². The fourth-order valence-corrected chi connectivity index (χ4v) is 10.2. The number of furan rings is 1. The van der Waals surface area contributed by atoms with Gasteiger partial charge in [-0.1, -0.05) is 13.8 Å². The number of hydrogen-bond donors (Lipinski definition) is 2. The first-order chi connectivity index (χ1) is 17.9. The summed E-state index contributed by atoms with van der Waals surface area (Å²) in [4.78, 5) is 2.60. The molecule has 3 unspecified atom stereocenters. The zero-order chi connectivity index (χ0) is 25.5. The Morgan fingerprint density at radius 1 is 1.03 bits per heavy atom. The Kier molecular flexibility index (Phi) is 7.54. The van der Waals surface area contributed by atoms with Gasteiger partial charge in [-0.15, -0.1) is 0 Å². The van der Waals surface area contributed by atoms with Gasteiger partial charge in [-0.3, -0.25) is 0 Å². The number of nitrogens with one attached hydrogen (secondary N) is 1. The van der Waals surface area contributed by atoms with Gasteiger partial charge in [0.05, 0.1) is 30.8 Å². The normalized spacial score (nSPS) is 43.9. The summed E-state index contributed by atoms with van der Waals surface area (Å²) < 4.78 is 11.9. The molecule has 6 rings (SSSR count). The molecule has 5 aliphatic rings. The molecule has 1 aromatic rings. The second-order valence-corrected chi connectivity index (χ2v) is 13.9.